The van der Waals surface area contributed by atoms with Crippen LogP contribution < -0.4 is 0 Å². The minimum atomic E-state index is 0.0185. The summed E-state index contributed by atoms with van der Waals surface area (Å²) >= 11 is 0. The van der Waals surface area contributed by atoms with Gasteiger partial charge in [-0.05, 0) is 50.0 Å². The molecule has 1 aromatic carbocycles. The average Bonchev–Trinajstić information content (AvgIpc) is 2.53. The minimum absolute atomic E-state index is 0.0185. The zero-order chi connectivity index (χ0) is 14.8. The topological polar surface area (TPSA) is 26.3 Å². The van der Waals surface area contributed by atoms with Gasteiger partial charge in [0.2, 0.25) is 0 Å². The summed E-state index contributed by atoms with van der Waals surface area (Å²) in [6.07, 6.45) is 11.4. The van der Waals surface area contributed by atoms with Crippen LogP contribution in [0.15, 0.2) is 30.3 Å². The van der Waals surface area contributed by atoms with Gasteiger partial charge in [-0.2, -0.15) is 0 Å². The van der Waals surface area contributed by atoms with Gasteiger partial charge in [-0.15, -0.1) is 0 Å². The molecule has 0 radical (unpaired) electrons. The molecule has 0 aliphatic heterocycles. The molecule has 0 N–H and O–H groups in total. The number of carbonyl (C=O) groups is 1. The molecule has 0 saturated heterocycles. The normalized spacial score (nSPS) is 15.8. The third-order valence-electron chi connectivity index (χ3n) is 4.40. The molecule has 1 aromatic rings. The van der Waals surface area contributed by atoms with Gasteiger partial charge < -0.3 is 4.74 Å². The highest BCUT2D eigenvalue weighted by molar-refractivity contribution is 5.69. The van der Waals surface area contributed by atoms with Crippen molar-refractivity contribution in [1.29, 1.82) is 0 Å². The Morgan fingerprint density at radius 3 is 2.52 bits per heavy atom. The van der Waals surface area contributed by atoms with Gasteiger partial charge in [-0.25, -0.2) is 0 Å². The third-order valence-corrected chi connectivity index (χ3v) is 4.40. The molecule has 1 aliphatic carbocycles. The van der Waals surface area contributed by atoms with Gasteiger partial charge in [-0.1, -0.05) is 49.6 Å². The van der Waals surface area contributed by atoms with Crippen molar-refractivity contribution in [3.63, 3.8) is 0 Å². The molecule has 0 atom stereocenters. The largest absolute Gasteiger partial charge is 0.466 e. The summed E-state index contributed by atoms with van der Waals surface area (Å²) in [6.45, 7) is 0.598. The number of carbonyl (C=O) groups excluding carboxylic acids is 1. The van der Waals surface area contributed by atoms with E-state index < -0.39 is 0 Å². The summed E-state index contributed by atoms with van der Waals surface area (Å²) in [6, 6.07) is 10.6. The lowest BCUT2D eigenvalue weighted by Gasteiger charge is -2.20. The predicted molar refractivity (Wildman–Crippen MR) is 86.1 cm³/mol. The fraction of sp³-hybridized carbons (Fsp3) is 0.632. The SMILES string of the molecule is O=C(CC1CCCCC1)OCCCCCc1ccccc1. The highest BCUT2D eigenvalue weighted by atomic mass is 16.5. The third kappa shape index (κ3) is 6.79. The Hall–Kier alpha value is -1.31. The van der Waals surface area contributed by atoms with Gasteiger partial charge in [0.05, 0.1) is 6.61 Å². The molecule has 2 rings (SSSR count). The Bertz CT molecular complexity index is 393. The maximum absolute atomic E-state index is 11.7. The Morgan fingerprint density at radius 1 is 1.00 bits per heavy atom. The molecule has 0 unspecified atom stereocenters. The highest BCUT2D eigenvalue weighted by Gasteiger charge is 2.17. The first kappa shape index (κ1) is 16.1. The summed E-state index contributed by atoms with van der Waals surface area (Å²) in [4.78, 5) is 11.7. The lowest BCUT2D eigenvalue weighted by atomic mass is 9.87. The first-order valence-electron chi connectivity index (χ1n) is 8.54. The number of rotatable bonds is 8. The molecular formula is C19H28O2. The highest BCUT2D eigenvalue weighted by Crippen LogP contribution is 2.26. The lowest BCUT2D eigenvalue weighted by molar-refractivity contribution is -0.145. The summed E-state index contributed by atoms with van der Waals surface area (Å²) in [5.74, 6) is 0.606. The van der Waals surface area contributed by atoms with Gasteiger partial charge in [-0.3, -0.25) is 4.79 Å². The van der Waals surface area contributed by atoms with Gasteiger partial charge in [0.15, 0.2) is 0 Å². The second kappa shape index (κ2) is 9.59. The van der Waals surface area contributed by atoms with Crippen LogP contribution in [0.5, 0.6) is 0 Å². The Kier molecular flexibility index (Phi) is 7.34. The smallest absolute Gasteiger partial charge is 0.306 e. The van der Waals surface area contributed by atoms with Crippen molar-refractivity contribution in [2.45, 2.75) is 64.2 Å². The van der Waals surface area contributed by atoms with E-state index in [1.54, 1.807) is 0 Å². The van der Waals surface area contributed by atoms with Crippen molar-refractivity contribution >= 4 is 5.97 Å². The Labute approximate surface area is 128 Å². The fourth-order valence-electron chi connectivity index (χ4n) is 3.12. The summed E-state index contributed by atoms with van der Waals surface area (Å²) < 4.78 is 5.36. The number of benzene rings is 1. The molecule has 1 fully saturated rings. The van der Waals surface area contributed by atoms with Crippen LogP contribution in [0.1, 0.15) is 63.4 Å². The molecule has 1 aliphatic rings. The van der Waals surface area contributed by atoms with Gasteiger partial charge in [0, 0.05) is 6.42 Å². The van der Waals surface area contributed by atoms with Crippen LogP contribution in [0.4, 0.5) is 0 Å². The van der Waals surface area contributed by atoms with Crippen molar-refractivity contribution in [2.75, 3.05) is 6.61 Å². The van der Waals surface area contributed by atoms with E-state index in [-0.39, 0.29) is 5.97 Å². The number of ether oxygens (including phenoxy) is 1. The standard InChI is InChI=1S/C19H28O2/c20-19(16-18-13-6-2-7-14-18)21-15-9-3-8-12-17-10-4-1-5-11-17/h1,4-5,10-11,18H,2-3,6-9,12-16H2. The minimum Gasteiger partial charge on any atom is -0.466 e. The van der Waals surface area contributed by atoms with Crippen LogP contribution in [-0.4, -0.2) is 12.6 Å². The first-order chi connectivity index (χ1) is 10.3. The predicted octanol–water partition coefficient (Wildman–Crippen LogP) is 4.91. The summed E-state index contributed by atoms with van der Waals surface area (Å²) in [7, 11) is 0. The molecule has 0 amide bonds. The number of unbranched alkanes of at least 4 members (excludes halogenated alkanes) is 2. The number of hydrogen-bond donors (Lipinski definition) is 0. The van der Waals surface area contributed by atoms with Crippen molar-refractivity contribution in [1.82, 2.24) is 0 Å². The van der Waals surface area contributed by atoms with E-state index in [0.717, 1.165) is 19.3 Å². The van der Waals surface area contributed by atoms with Crippen molar-refractivity contribution in [2.24, 2.45) is 5.92 Å². The molecule has 116 valence electrons. The van der Waals surface area contributed by atoms with E-state index in [2.05, 4.69) is 30.3 Å². The molecule has 0 spiro atoms. The molecule has 2 nitrogen and oxygen atoms in total. The average molecular weight is 288 g/mol. The van der Waals surface area contributed by atoms with E-state index in [9.17, 15) is 4.79 Å². The van der Waals surface area contributed by atoms with Crippen LogP contribution in [0.25, 0.3) is 0 Å². The quantitative estimate of drug-likeness (QED) is 0.501. The van der Waals surface area contributed by atoms with Crippen LogP contribution in [0.2, 0.25) is 0 Å². The van der Waals surface area contributed by atoms with Crippen molar-refractivity contribution < 1.29 is 9.53 Å². The number of hydrogen-bond acceptors (Lipinski definition) is 2. The molecule has 1 saturated carbocycles. The van der Waals surface area contributed by atoms with E-state index in [1.165, 1.54) is 44.1 Å². The molecule has 2 heteroatoms. The van der Waals surface area contributed by atoms with Gasteiger partial charge >= 0.3 is 5.97 Å². The van der Waals surface area contributed by atoms with E-state index in [4.69, 9.17) is 4.74 Å². The fourth-order valence-corrected chi connectivity index (χ4v) is 3.12. The van der Waals surface area contributed by atoms with E-state index >= 15 is 0 Å². The van der Waals surface area contributed by atoms with Gasteiger partial charge in [0.1, 0.15) is 0 Å². The van der Waals surface area contributed by atoms with Crippen LogP contribution in [0, 0.1) is 5.92 Å². The Balaban J connectivity index is 1.46. The van der Waals surface area contributed by atoms with Crippen LogP contribution >= 0.6 is 0 Å². The number of aryl methyl sites for hydroxylation is 1. The van der Waals surface area contributed by atoms with Gasteiger partial charge in [0.25, 0.3) is 0 Å². The zero-order valence-electron chi connectivity index (χ0n) is 13.1. The van der Waals surface area contributed by atoms with Crippen molar-refractivity contribution in [3.05, 3.63) is 35.9 Å². The van der Waals surface area contributed by atoms with E-state index in [0.29, 0.717) is 18.9 Å². The summed E-state index contributed by atoms with van der Waals surface area (Å²) in [5, 5.41) is 0. The Morgan fingerprint density at radius 2 is 1.76 bits per heavy atom. The van der Waals surface area contributed by atoms with Crippen LogP contribution in [-0.2, 0) is 16.0 Å². The van der Waals surface area contributed by atoms with E-state index in [1.807, 2.05) is 0 Å². The molecular weight excluding hydrogens is 260 g/mol. The maximum atomic E-state index is 11.7. The molecule has 0 heterocycles. The summed E-state index contributed by atoms with van der Waals surface area (Å²) in [5.41, 5.74) is 1.40. The van der Waals surface area contributed by atoms with Crippen molar-refractivity contribution in [3.8, 4) is 0 Å². The molecule has 21 heavy (non-hydrogen) atoms. The molecule has 0 aromatic heterocycles. The monoisotopic (exact) mass is 288 g/mol. The second-order valence-electron chi connectivity index (χ2n) is 6.22. The second-order valence-corrected chi connectivity index (χ2v) is 6.22. The first-order valence-corrected chi connectivity index (χ1v) is 8.54. The zero-order valence-corrected chi connectivity index (χ0v) is 13.1. The number of esters is 1. The maximum Gasteiger partial charge on any atom is 0.306 e. The molecule has 0 bridgehead atoms. The van der Waals surface area contributed by atoms with Crippen LogP contribution in [0.3, 0.4) is 0 Å². The lowest BCUT2D eigenvalue weighted by Crippen LogP contribution is -2.14.